The number of ether oxygens (including phenoxy) is 4. The molecule has 0 spiro atoms. The van der Waals surface area contributed by atoms with Gasteiger partial charge in [0.05, 0.1) is 38.9 Å². The van der Waals surface area contributed by atoms with Gasteiger partial charge in [0.2, 0.25) is 0 Å². The standard InChI is InChI=1S/C24H26O8/c1-3-29-21(25)13-15-23(27)31-19-9-5-17(6-10-19)18-7-11-20(12-8-18)32-24(28)16-14-22(26)30-4-2/h5-12H,3-4,13-16H2,1-2H3. The van der Waals surface area contributed by atoms with E-state index in [0.717, 1.165) is 11.1 Å². The molecule has 170 valence electrons. The highest BCUT2D eigenvalue weighted by atomic mass is 16.5. The van der Waals surface area contributed by atoms with Crippen molar-refractivity contribution in [2.24, 2.45) is 0 Å². The van der Waals surface area contributed by atoms with Gasteiger partial charge in [-0.05, 0) is 49.2 Å². The predicted molar refractivity (Wildman–Crippen MR) is 115 cm³/mol. The molecular formula is C24H26O8. The minimum Gasteiger partial charge on any atom is -0.466 e. The fourth-order valence-electron chi connectivity index (χ4n) is 2.67. The topological polar surface area (TPSA) is 105 Å². The van der Waals surface area contributed by atoms with Gasteiger partial charge in [-0.1, -0.05) is 24.3 Å². The van der Waals surface area contributed by atoms with Crippen molar-refractivity contribution in [3.8, 4) is 22.6 Å². The first-order valence-corrected chi connectivity index (χ1v) is 10.3. The van der Waals surface area contributed by atoms with Gasteiger partial charge in [-0.15, -0.1) is 0 Å². The summed E-state index contributed by atoms with van der Waals surface area (Å²) in [7, 11) is 0. The molecule has 0 fully saturated rings. The SMILES string of the molecule is CCOC(=O)CCC(=O)Oc1ccc(-c2ccc(OC(=O)CCC(=O)OCC)cc2)cc1. The van der Waals surface area contributed by atoms with Crippen LogP contribution in [0, 0.1) is 0 Å². The van der Waals surface area contributed by atoms with Crippen molar-refractivity contribution >= 4 is 23.9 Å². The van der Waals surface area contributed by atoms with Crippen molar-refractivity contribution in [2.75, 3.05) is 13.2 Å². The zero-order valence-corrected chi connectivity index (χ0v) is 18.1. The lowest BCUT2D eigenvalue weighted by Gasteiger charge is -2.08. The molecule has 32 heavy (non-hydrogen) atoms. The molecule has 0 radical (unpaired) electrons. The zero-order valence-electron chi connectivity index (χ0n) is 18.1. The summed E-state index contributed by atoms with van der Waals surface area (Å²) >= 11 is 0. The number of rotatable bonds is 11. The van der Waals surface area contributed by atoms with Crippen LogP contribution in [0.25, 0.3) is 11.1 Å². The third kappa shape index (κ3) is 8.59. The molecule has 0 aromatic heterocycles. The Balaban J connectivity index is 1.85. The molecule has 0 bridgehead atoms. The molecule has 0 aliphatic carbocycles. The van der Waals surface area contributed by atoms with Gasteiger partial charge in [0.15, 0.2) is 0 Å². The Morgan fingerprint density at radius 2 is 0.844 bits per heavy atom. The smallest absolute Gasteiger partial charge is 0.311 e. The van der Waals surface area contributed by atoms with E-state index in [1.807, 2.05) is 0 Å². The van der Waals surface area contributed by atoms with Crippen LogP contribution in [0.1, 0.15) is 39.5 Å². The third-order valence-corrected chi connectivity index (χ3v) is 4.18. The van der Waals surface area contributed by atoms with E-state index >= 15 is 0 Å². The van der Waals surface area contributed by atoms with Crippen molar-refractivity contribution in [2.45, 2.75) is 39.5 Å². The summed E-state index contributed by atoms with van der Waals surface area (Å²) < 4.78 is 20.0. The summed E-state index contributed by atoms with van der Waals surface area (Å²) in [4.78, 5) is 46.2. The molecule has 0 N–H and O–H groups in total. The highest BCUT2D eigenvalue weighted by molar-refractivity contribution is 5.80. The monoisotopic (exact) mass is 442 g/mol. The van der Waals surface area contributed by atoms with E-state index in [4.69, 9.17) is 18.9 Å². The van der Waals surface area contributed by atoms with Crippen molar-refractivity contribution in [3.05, 3.63) is 48.5 Å². The van der Waals surface area contributed by atoms with Crippen molar-refractivity contribution in [1.82, 2.24) is 0 Å². The van der Waals surface area contributed by atoms with E-state index in [0.29, 0.717) is 11.5 Å². The molecule has 8 heteroatoms. The van der Waals surface area contributed by atoms with Crippen LogP contribution < -0.4 is 9.47 Å². The Bertz CT molecular complexity index is 839. The lowest BCUT2D eigenvalue weighted by molar-refractivity contribution is -0.146. The Hall–Kier alpha value is -3.68. The second kappa shape index (κ2) is 12.9. The quantitative estimate of drug-likeness (QED) is 0.382. The molecule has 0 atom stereocenters. The Morgan fingerprint density at radius 3 is 1.16 bits per heavy atom. The number of carbonyl (C=O) groups excluding carboxylic acids is 4. The second-order valence-electron chi connectivity index (χ2n) is 6.61. The van der Waals surface area contributed by atoms with Crippen LogP contribution in [0.2, 0.25) is 0 Å². The Kier molecular flexibility index (Phi) is 9.90. The van der Waals surface area contributed by atoms with Crippen LogP contribution in [-0.2, 0) is 28.7 Å². The van der Waals surface area contributed by atoms with Crippen molar-refractivity contribution in [3.63, 3.8) is 0 Å². The maximum Gasteiger partial charge on any atom is 0.311 e. The summed E-state index contributed by atoms with van der Waals surface area (Å²) in [6.45, 7) is 3.95. The van der Waals surface area contributed by atoms with Crippen molar-refractivity contribution in [1.29, 1.82) is 0 Å². The van der Waals surface area contributed by atoms with Crippen molar-refractivity contribution < 1.29 is 38.1 Å². The Morgan fingerprint density at radius 1 is 0.531 bits per heavy atom. The van der Waals surface area contributed by atoms with Gasteiger partial charge in [-0.3, -0.25) is 19.2 Å². The molecule has 0 heterocycles. The fraction of sp³-hybridized carbons (Fsp3) is 0.333. The molecule has 8 nitrogen and oxygen atoms in total. The Labute approximate surface area is 186 Å². The van der Waals surface area contributed by atoms with E-state index < -0.39 is 23.9 Å². The molecule has 0 saturated heterocycles. The van der Waals surface area contributed by atoms with Gasteiger partial charge in [0, 0.05) is 0 Å². The van der Waals surface area contributed by atoms with Crippen LogP contribution in [-0.4, -0.2) is 37.1 Å². The predicted octanol–water partition coefficient (Wildman–Crippen LogP) is 3.85. The molecule has 0 aliphatic rings. The first kappa shape index (κ1) is 24.6. The largest absolute Gasteiger partial charge is 0.466 e. The van der Waals surface area contributed by atoms with E-state index in [2.05, 4.69) is 0 Å². The van der Waals surface area contributed by atoms with Gasteiger partial charge >= 0.3 is 23.9 Å². The molecule has 0 aliphatic heterocycles. The lowest BCUT2D eigenvalue weighted by Crippen LogP contribution is -2.12. The average Bonchev–Trinajstić information content (AvgIpc) is 2.78. The van der Waals surface area contributed by atoms with Crippen LogP contribution in [0.5, 0.6) is 11.5 Å². The minimum atomic E-state index is -0.514. The molecule has 0 saturated carbocycles. The lowest BCUT2D eigenvalue weighted by atomic mass is 10.1. The number of hydrogen-bond acceptors (Lipinski definition) is 8. The first-order chi connectivity index (χ1) is 15.4. The van der Waals surface area contributed by atoms with Gasteiger partial charge in [0.1, 0.15) is 11.5 Å². The van der Waals surface area contributed by atoms with Crippen LogP contribution >= 0.6 is 0 Å². The normalized spacial score (nSPS) is 10.2. The van der Waals surface area contributed by atoms with Crippen LogP contribution in [0.3, 0.4) is 0 Å². The maximum atomic E-state index is 11.8. The summed E-state index contributed by atoms with van der Waals surface area (Å²) in [6.07, 6.45) is -0.157. The third-order valence-electron chi connectivity index (χ3n) is 4.18. The number of carbonyl (C=O) groups is 4. The molecule has 0 amide bonds. The van der Waals surface area contributed by atoms with Gasteiger partial charge in [0.25, 0.3) is 0 Å². The zero-order chi connectivity index (χ0) is 23.3. The molecule has 2 rings (SSSR count). The average molecular weight is 442 g/mol. The molecule has 0 unspecified atom stereocenters. The fourth-order valence-corrected chi connectivity index (χ4v) is 2.67. The molecule has 2 aromatic carbocycles. The van der Waals surface area contributed by atoms with Crippen LogP contribution in [0.15, 0.2) is 48.5 Å². The van der Waals surface area contributed by atoms with Gasteiger partial charge in [-0.2, -0.15) is 0 Å². The number of benzene rings is 2. The first-order valence-electron chi connectivity index (χ1n) is 10.3. The van der Waals surface area contributed by atoms with Crippen LogP contribution in [0.4, 0.5) is 0 Å². The van der Waals surface area contributed by atoms with E-state index in [1.165, 1.54) is 0 Å². The van der Waals surface area contributed by atoms with E-state index in [1.54, 1.807) is 62.4 Å². The second-order valence-corrected chi connectivity index (χ2v) is 6.61. The summed E-state index contributed by atoms with van der Waals surface area (Å²) in [5.41, 5.74) is 1.74. The van der Waals surface area contributed by atoms with Gasteiger partial charge < -0.3 is 18.9 Å². The highest BCUT2D eigenvalue weighted by Crippen LogP contribution is 2.25. The highest BCUT2D eigenvalue weighted by Gasteiger charge is 2.11. The number of hydrogen-bond donors (Lipinski definition) is 0. The minimum absolute atomic E-state index is 0.0233. The number of esters is 4. The van der Waals surface area contributed by atoms with E-state index in [-0.39, 0.29) is 38.9 Å². The molecule has 2 aromatic rings. The van der Waals surface area contributed by atoms with E-state index in [9.17, 15) is 19.2 Å². The summed E-state index contributed by atoms with van der Waals surface area (Å²) in [5.74, 6) is -1.16. The summed E-state index contributed by atoms with van der Waals surface area (Å²) in [6, 6.07) is 13.8. The molecular weight excluding hydrogens is 416 g/mol. The maximum absolute atomic E-state index is 11.8. The summed E-state index contributed by atoms with van der Waals surface area (Å²) in [5, 5.41) is 0. The van der Waals surface area contributed by atoms with Gasteiger partial charge in [-0.25, -0.2) is 0 Å².